The van der Waals surface area contributed by atoms with Gasteiger partial charge in [0, 0.05) is 0 Å². The molecule has 0 aliphatic heterocycles. The van der Waals surface area contributed by atoms with Crippen LogP contribution in [0, 0.1) is 28.6 Å². The molecular formula is C19H33N. The minimum Gasteiger partial charge on any atom is -0.330 e. The fourth-order valence-corrected chi connectivity index (χ4v) is 7.23. The molecule has 0 unspecified atom stereocenters. The van der Waals surface area contributed by atoms with Gasteiger partial charge in [-0.15, -0.1) is 0 Å². The van der Waals surface area contributed by atoms with Gasteiger partial charge in [0.15, 0.2) is 0 Å². The molecule has 20 heavy (non-hydrogen) atoms. The molecule has 0 spiro atoms. The summed E-state index contributed by atoms with van der Waals surface area (Å²) in [6, 6.07) is 0. The molecule has 0 amide bonds. The van der Waals surface area contributed by atoms with Crippen LogP contribution in [0.15, 0.2) is 0 Å². The molecular weight excluding hydrogens is 242 g/mol. The van der Waals surface area contributed by atoms with Crippen LogP contribution in [0.3, 0.4) is 0 Å². The van der Waals surface area contributed by atoms with Crippen molar-refractivity contribution in [1.82, 2.24) is 0 Å². The third-order valence-corrected chi connectivity index (χ3v) is 7.51. The maximum atomic E-state index is 6.34. The van der Waals surface area contributed by atoms with Crippen molar-refractivity contribution in [2.24, 2.45) is 34.3 Å². The third-order valence-electron chi connectivity index (χ3n) is 7.51. The van der Waals surface area contributed by atoms with Crippen molar-refractivity contribution < 1.29 is 0 Å². The quantitative estimate of drug-likeness (QED) is 0.729. The molecule has 5 aliphatic rings. The summed E-state index contributed by atoms with van der Waals surface area (Å²) in [6.07, 6.45) is 19.6. The van der Waals surface area contributed by atoms with E-state index in [4.69, 9.17) is 5.73 Å². The van der Waals surface area contributed by atoms with Crippen LogP contribution < -0.4 is 5.73 Å². The Balaban J connectivity index is 1.54. The highest BCUT2D eigenvalue weighted by Gasteiger charge is 2.53. The number of rotatable bonds is 3. The topological polar surface area (TPSA) is 26.0 Å². The van der Waals surface area contributed by atoms with Crippen molar-refractivity contribution in [1.29, 1.82) is 0 Å². The Hall–Kier alpha value is -0.0400. The lowest BCUT2D eigenvalue weighted by Crippen LogP contribution is -2.49. The van der Waals surface area contributed by atoms with E-state index in [0.717, 1.165) is 29.7 Å². The zero-order valence-corrected chi connectivity index (χ0v) is 13.2. The smallest absolute Gasteiger partial charge is 0.00203 e. The number of hydrogen-bond acceptors (Lipinski definition) is 1. The summed E-state index contributed by atoms with van der Waals surface area (Å²) < 4.78 is 0. The van der Waals surface area contributed by atoms with E-state index in [1.807, 2.05) is 0 Å². The molecule has 4 bridgehead atoms. The second kappa shape index (κ2) is 5.00. The second-order valence-electron chi connectivity index (χ2n) is 9.21. The van der Waals surface area contributed by atoms with Crippen LogP contribution in [0.2, 0.25) is 0 Å². The number of hydrogen-bond donors (Lipinski definition) is 1. The van der Waals surface area contributed by atoms with Gasteiger partial charge in [-0.2, -0.15) is 0 Å². The SMILES string of the molecule is NCC1(CC23CC4CC(CC(C4)C2)C3)CCCCCC1. The molecule has 0 atom stereocenters. The van der Waals surface area contributed by atoms with Gasteiger partial charge in [-0.1, -0.05) is 25.7 Å². The molecule has 1 nitrogen and oxygen atoms in total. The lowest BCUT2D eigenvalue weighted by molar-refractivity contribution is -0.0796. The van der Waals surface area contributed by atoms with E-state index in [0.29, 0.717) is 5.41 Å². The first-order valence-corrected chi connectivity index (χ1v) is 9.41. The molecule has 1 heteroatoms. The normalized spacial score (nSPS) is 46.4. The molecule has 0 heterocycles. The highest BCUT2D eigenvalue weighted by atomic mass is 14.6. The zero-order valence-electron chi connectivity index (χ0n) is 13.2. The third kappa shape index (κ3) is 2.34. The van der Waals surface area contributed by atoms with Gasteiger partial charge in [-0.25, -0.2) is 0 Å². The van der Waals surface area contributed by atoms with Crippen LogP contribution in [0.5, 0.6) is 0 Å². The maximum Gasteiger partial charge on any atom is -0.00203 e. The second-order valence-corrected chi connectivity index (χ2v) is 9.21. The van der Waals surface area contributed by atoms with Crippen LogP contribution >= 0.6 is 0 Å². The van der Waals surface area contributed by atoms with Gasteiger partial charge in [0.05, 0.1) is 0 Å². The Kier molecular flexibility index (Phi) is 3.41. The van der Waals surface area contributed by atoms with Gasteiger partial charge >= 0.3 is 0 Å². The standard InChI is InChI=1S/C19H33N/c20-14-18(5-3-1-2-4-6-18)13-19-10-15-7-16(11-19)9-17(8-15)12-19/h15-17H,1-14,20H2. The zero-order chi connectivity index (χ0) is 13.6. The predicted molar refractivity (Wildman–Crippen MR) is 84.4 cm³/mol. The summed E-state index contributed by atoms with van der Waals surface area (Å²) in [5, 5.41) is 0. The van der Waals surface area contributed by atoms with E-state index < -0.39 is 0 Å². The summed E-state index contributed by atoms with van der Waals surface area (Å²) in [6.45, 7) is 0.967. The Morgan fingerprint density at radius 2 is 1.25 bits per heavy atom. The maximum absolute atomic E-state index is 6.34. The molecule has 0 aromatic carbocycles. The molecule has 0 aromatic heterocycles. The highest BCUT2D eigenvalue weighted by Crippen LogP contribution is 2.64. The molecule has 5 rings (SSSR count). The van der Waals surface area contributed by atoms with Gasteiger partial charge in [0.2, 0.25) is 0 Å². The van der Waals surface area contributed by atoms with Crippen molar-refractivity contribution in [3.8, 4) is 0 Å². The van der Waals surface area contributed by atoms with E-state index in [1.54, 1.807) is 38.5 Å². The number of nitrogens with two attached hydrogens (primary N) is 1. The molecule has 5 fully saturated rings. The fraction of sp³-hybridized carbons (Fsp3) is 1.00. The van der Waals surface area contributed by atoms with Crippen LogP contribution in [0.4, 0.5) is 0 Å². The van der Waals surface area contributed by atoms with Crippen molar-refractivity contribution in [3.63, 3.8) is 0 Å². The Bertz CT molecular complexity index is 315. The van der Waals surface area contributed by atoms with E-state index in [1.165, 1.54) is 44.9 Å². The van der Waals surface area contributed by atoms with Gasteiger partial charge in [0.1, 0.15) is 0 Å². The first kappa shape index (κ1) is 13.6. The lowest BCUT2D eigenvalue weighted by Gasteiger charge is -2.59. The largest absolute Gasteiger partial charge is 0.330 e. The van der Waals surface area contributed by atoms with E-state index in [2.05, 4.69) is 0 Å². The van der Waals surface area contributed by atoms with Crippen LogP contribution in [0.25, 0.3) is 0 Å². The molecule has 0 aromatic rings. The van der Waals surface area contributed by atoms with Crippen molar-refractivity contribution in [2.75, 3.05) is 6.54 Å². The van der Waals surface area contributed by atoms with E-state index in [9.17, 15) is 0 Å². The monoisotopic (exact) mass is 275 g/mol. The summed E-state index contributed by atoms with van der Waals surface area (Å²) in [4.78, 5) is 0. The average molecular weight is 275 g/mol. The molecule has 5 aliphatic carbocycles. The minimum absolute atomic E-state index is 0.530. The van der Waals surface area contributed by atoms with Crippen LogP contribution in [0.1, 0.15) is 83.5 Å². The molecule has 5 saturated carbocycles. The van der Waals surface area contributed by atoms with Gasteiger partial charge in [0.25, 0.3) is 0 Å². The molecule has 114 valence electrons. The summed E-state index contributed by atoms with van der Waals surface area (Å²) in [5.41, 5.74) is 7.60. The van der Waals surface area contributed by atoms with Crippen molar-refractivity contribution >= 4 is 0 Å². The Labute approximate surface area is 125 Å². The summed E-state index contributed by atoms with van der Waals surface area (Å²) >= 11 is 0. The first-order chi connectivity index (χ1) is 9.71. The van der Waals surface area contributed by atoms with Gasteiger partial charge < -0.3 is 5.73 Å². The minimum atomic E-state index is 0.530. The fourth-order valence-electron chi connectivity index (χ4n) is 7.23. The lowest BCUT2D eigenvalue weighted by atomic mass is 9.46. The van der Waals surface area contributed by atoms with Gasteiger partial charge in [-0.3, -0.25) is 0 Å². The molecule has 0 saturated heterocycles. The van der Waals surface area contributed by atoms with E-state index >= 15 is 0 Å². The molecule has 2 N–H and O–H groups in total. The Morgan fingerprint density at radius 3 is 1.70 bits per heavy atom. The average Bonchev–Trinajstić information content (AvgIpc) is 2.63. The summed E-state index contributed by atoms with van der Waals surface area (Å²) in [7, 11) is 0. The van der Waals surface area contributed by atoms with E-state index in [-0.39, 0.29) is 0 Å². The van der Waals surface area contributed by atoms with Crippen molar-refractivity contribution in [2.45, 2.75) is 83.5 Å². The Morgan fingerprint density at radius 1 is 0.750 bits per heavy atom. The van der Waals surface area contributed by atoms with Crippen LogP contribution in [-0.2, 0) is 0 Å². The van der Waals surface area contributed by atoms with Gasteiger partial charge in [-0.05, 0) is 92.9 Å². The van der Waals surface area contributed by atoms with Crippen LogP contribution in [-0.4, -0.2) is 6.54 Å². The van der Waals surface area contributed by atoms with Crippen molar-refractivity contribution in [3.05, 3.63) is 0 Å². The first-order valence-electron chi connectivity index (χ1n) is 9.41. The summed E-state index contributed by atoms with van der Waals surface area (Å²) in [5.74, 6) is 3.30. The highest BCUT2D eigenvalue weighted by molar-refractivity contribution is 5.04. The molecule has 0 radical (unpaired) electrons. The predicted octanol–water partition coefficient (Wildman–Crippen LogP) is 4.89.